The maximum Gasteiger partial charge on any atom is 0.227 e. The Morgan fingerprint density at radius 1 is 1.13 bits per heavy atom. The standard InChI is InChI=1S/C18H20N4O/c1-2-6-15-14(5-1)8-11-20-17(15)18-21-16(23-22-18)12-13-4-3-9-19-10-7-13/h1-2,5-6,8,11,13,19H,3-4,7,9-10,12H2. The van der Waals surface area contributed by atoms with Crippen molar-refractivity contribution in [3.05, 3.63) is 42.4 Å². The summed E-state index contributed by atoms with van der Waals surface area (Å²) in [5.74, 6) is 1.93. The topological polar surface area (TPSA) is 63.8 Å². The van der Waals surface area contributed by atoms with Crippen LogP contribution in [0.3, 0.4) is 0 Å². The van der Waals surface area contributed by atoms with Crippen LogP contribution in [0.4, 0.5) is 0 Å². The average Bonchev–Trinajstić information content (AvgIpc) is 2.90. The maximum absolute atomic E-state index is 5.49. The van der Waals surface area contributed by atoms with Gasteiger partial charge >= 0.3 is 0 Å². The smallest absolute Gasteiger partial charge is 0.227 e. The van der Waals surface area contributed by atoms with Gasteiger partial charge in [0.25, 0.3) is 0 Å². The highest BCUT2D eigenvalue weighted by atomic mass is 16.5. The molecule has 1 N–H and O–H groups in total. The summed E-state index contributed by atoms with van der Waals surface area (Å²) < 4.78 is 5.49. The first-order valence-corrected chi connectivity index (χ1v) is 8.27. The highest BCUT2D eigenvalue weighted by Gasteiger charge is 2.18. The van der Waals surface area contributed by atoms with Gasteiger partial charge in [0, 0.05) is 18.0 Å². The molecule has 1 unspecified atom stereocenters. The number of benzene rings is 1. The number of pyridine rings is 1. The van der Waals surface area contributed by atoms with Crippen LogP contribution in [0.2, 0.25) is 0 Å². The first-order chi connectivity index (χ1) is 11.4. The van der Waals surface area contributed by atoms with E-state index >= 15 is 0 Å². The molecule has 0 radical (unpaired) electrons. The Labute approximate surface area is 135 Å². The summed E-state index contributed by atoms with van der Waals surface area (Å²) in [5.41, 5.74) is 0.792. The molecule has 1 aromatic carbocycles. The molecule has 3 heterocycles. The first kappa shape index (κ1) is 14.3. The first-order valence-electron chi connectivity index (χ1n) is 8.27. The van der Waals surface area contributed by atoms with Gasteiger partial charge in [0.05, 0.1) is 0 Å². The molecule has 0 bridgehead atoms. The number of hydrogen-bond donors (Lipinski definition) is 1. The molecule has 118 valence electrons. The summed E-state index contributed by atoms with van der Waals surface area (Å²) in [5, 5.41) is 9.79. The van der Waals surface area contributed by atoms with E-state index in [9.17, 15) is 0 Å². The predicted molar refractivity (Wildman–Crippen MR) is 88.9 cm³/mol. The van der Waals surface area contributed by atoms with Crippen molar-refractivity contribution in [1.82, 2.24) is 20.4 Å². The Morgan fingerprint density at radius 2 is 2.09 bits per heavy atom. The highest BCUT2D eigenvalue weighted by Crippen LogP contribution is 2.25. The Balaban J connectivity index is 1.59. The quantitative estimate of drug-likeness (QED) is 0.805. The summed E-state index contributed by atoms with van der Waals surface area (Å²) in [4.78, 5) is 9.05. The van der Waals surface area contributed by atoms with Crippen molar-refractivity contribution in [2.75, 3.05) is 13.1 Å². The van der Waals surface area contributed by atoms with Crippen molar-refractivity contribution in [2.45, 2.75) is 25.7 Å². The van der Waals surface area contributed by atoms with Gasteiger partial charge in [-0.05, 0) is 49.7 Å². The van der Waals surface area contributed by atoms with Crippen LogP contribution in [0.15, 0.2) is 41.1 Å². The van der Waals surface area contributed by atoms with E-state index < -0.39 is 0 Å². The van der Waals surface area contributed by atoms with Crippen LogP contribution in [0, 0.1) is 5.92 Å². The fraction of sp³-hybridized carbons (Fsp3) is 0.389. The van der Waals surface area contributed by atoms with Gasteiger partial charge in [0.15, 0.2) is 0 Å². The van der Waals surface area contributed by atoms with E-state index in [-0.39, 0.29) is 0 Å². The fourth-order valence-corrected chi connectivity index (χ4v) is 3.27. The molecule has 2 aromatic heterocycles. The van der Waals surface area contributed by atoms with E-state index in [1.54, 1.807) is 6.20 Å². The second-order valence-electron chi connectivity index (χ2n) is 6.14. The molecule has 1 atom stereocenters. The summed E-state index contributed by atoms with van der Waals surface area (Å²) in [6, 6.07) is 10.1. The van der Waals surface area contributed by atoms with Crippen LogP contribution < -0.4 is 5.32 Å². The number of nitrogens with one attached hydrogen (secondary N) is 1. The zero-order valence-corrected chi connectivity index (χ0v) is 13.0. The molecule has 0 aliphatic carbocycles. The van der Waals surface area contributed by atoms with Crippen LogP contribution in [-0.4, -0.2) is 28.2 Å². The highest BCUT2D eigenvalue weighted by molar-refractivity contribution is 5.92. The molecule has 1 saturated heterocycles. The molecule has 0 spiro atoms. The lowest BCUT2D eigenvalue weighted by Gasteiger charge is -2.09. The Hall–Kier alpha value is -2.27. The zero-order chi connectivity index (χ0) is 15.5. The van der Waals surface area contributed by atoms with Crippen LogP contribution in [0.5, 0.6) is 0 Å². The van der Waals surface area contributed by atoms with Crippen molar-refractivity contribution in [1.29, 1.82) is 0 Å². The molecule has 0 amide bonds. The molecule has 3 aromatic rings. The van der Waals surface area contributed by atoms with Crippen molar-refractivity contribution < 1.29 is 4.52 Å². The Kier molecular flexibility index (Phi) is 4.03. The molecule has 0 saturated carbocycles. The van der Waals surface area contributed by atoms with Gasteiger partial charge in [-0.3, -0.25) is 4.98 Å². The van der Waals surface area contributed by atoms with Gasteiger partial charge in [0.1, 0.15) is 5.69 Å². The third kappa shape index (κ3) is 3.10. The molecule has 23 heavy (non-hydrogen) atoms. The summed E-state index contributed by atoms with van der Waals surface area (Å²) in [7, 11) is 0. The van der Waals surface area contributed by atoms with E-state index in [0.29, 0.717) is 11.7 Å². The van der Waals surface area contributed by atoms with Crippen molar-refractivity contribution in [2.24, 2.45) is 5.92 Å². The molecule has 4 rings (SSSR count). The zero-order valence-electron chi connectivity index (χ0n) is 13.0. The van der Waals surface area contributed by atoms with E-state index in [1.165, 1.54) is 19.3 Å². The third-order valence-electron chi connectivity index (χ3n) is 4.51. The maximum atomic E-state index is 5.49. The minimum absolute atomic E-state index is 0.587. The van der Waals surface area contributed by atoms with E-state index in [1.807, 2.05) is 24.3 Å². The molecular formula is C18H20N4O. The van der Waals surface area contributed by atoms with E-state index in [0.717, 1.165) is 41.9 Å². The summed E-state index contributed by atoms with van der Waals surface area (Å²) in [6.45, 7) is 2.20. The molecule has 1 aliphatic rings. The molecule has 5 heteroatoms. The van der Waals surface area contributed by atoms with Crippen LogP contribution in [-0.2, 0) is 6.42 Å². The van der Waals surface area contributed by atoms with Gasteiger partial charge in [-0.1, -0.05) is 29.4 Å². The lowest BCUT2D eigenvalue weighted by molar-refractivity contribution is 0.341. The monoisotopic (exact) mass is 308 g/mol. The molecule has 1 fully saturated rings. The van der Waals surface area contributed by atoms with Crippen molar-refractivity contribution >= 4 is 10.8 Å². The van der Waals surface area contributed by atoms with E-state index in [2.05, 4.69) is 26.5 Å². The average molecular weight is 308 g/mol. The van der Waals surface area contributed by atoms with Gasteiger partial charge in [-0.15, -0.1) is 0 Å². The van der Waals surface area contributed by atoms with Gasteiger partial charge in [-0.2, -0.15) is 4.98 Å². The number of fused-ring (bicyclic) bond motifs is 1. The van der Waals surface area contributed by atoms with Crippen LogP contribution in [0.1, 0.15) is 25.2 Å². The SMILES string of the molecule is c1ccc2c(-c3noc(CC4CCCNCC4)n3)nccc2c1. The van der Waals surface area contributed by atoms with Gasteiger partial charge < -0.3 is 9.84 Å². The second kappa shape index (κ2) is 6.46. The number of nitrogens with zero attached hydrogens (tertiary/aromatic N) is 3. The lowest BCUT2D eigenvalue weighted by atomic mass is 9.97. The predicted octanol–water partition coefficient (Wildman–Crippen LogP) is 3.22. The van der Waals surface area contributed by atoms with Gasteiger partial charge in [0.2, 0.25) is 11.7 Å². The van der Waals surface area contributed by atoms with Gasteiger partial charge in [-0.25, -0.2) is 0 Å². The fourth-order valence-electron chi connectivity index (χ4n) is 3.27. The third-order valence-corrected chi connectivity index (χ3v) is 4.51. The Bertz CT molecular complexity index is 785. The van der Waals surface area contributed by atoms with Crippen molar-refractivity contribution in [3.8, 4) is 11.5 Å². The van der Waals surface area contributed by atoms with Crippen LogP contribution >= 0.6 is 0 Å². The summed E-state index contributed by atoms with van der Waals surface area (Å²) >= 11 is 0. The molecular weight excluding hydrogens is 288 g/mol. The minimum atomic E-state index is 0.587. The van der Waals surface area contributed by atoms with Crippen molar-refractivity contribution in [3.63, 3.8) is 0 Å². The van der Waals surface area contributed by atoms with E-state index in [4.69, 9.17) is 4.52 Å². The number of rotatable bonds is 3. The lowest BCUT2D eigenvalue weighted by Crippen LogP contribution is -2.14. The number of aromatic nitrogens is 3. The molecule has 5 nitrogen and oxygen atoms in total. The molecule has 1 aliphatic heterocycles. The van der Waals surface area contributed by atoms with Crippen LogP contribution in [0.25, 0.3) is 22.3 Å². The largest absolute Gasteiger partial charge is 0.339 e. The number of hydrogen-bond acceptors (Lipinski definition) is 5. The summed E-state index contributed by atoms with van der Waals surface area (Å²) in [6.07, 6.45) is 6.27. The normalized spacial score (nSPS) is 18.9. The minimum Gasteiger partial charge on any atom is -0.339 e. The Morgan fingerprint density at radius 3 is 3.09 bits per heavy atom. The second-order valence-corrected chi connectivity index (χ2v) is 6.14.